The van der Waals surface area contributed by atoms with Gasteiger partial charge in [0, 0.05) is 0 Å². The second-order valence-electron chi connectivity index (χ2n) is 9.91. The maximum atomic E-state index is 14.9. The zero-order valence-electron chi connectivity index (χ0n) is 22.5. The fourth-order valence-corrected chi connectivity index (χ4v) is 5.27. The van der Waals surface area contributed by atoms with Crippen LogP contribution in [0, 0.1) is 0 Å². The summed E-state index contributed by atoms with van der Waals surface area (Å²) in [7, 11) is -4.90. The van der Waals surface area contributed by atoms with Gasteiger partial charge < -0.3 is 4.55 Å². The molecule has 0 heterocycles. The maximum Gasteiger partial charge on any atom is 1.00 e. The molecular formula is C27H54FLiO3S. The Hall–Kier alpha value is 0.437. The van der Waals surface area contributed by atoms with Crippen molar-refractivity contribution >= 4 is 10.1 Å². The van der Waals surface area contributed by atoms with E-state index in [9.17, 15) is 17.4 Å². The first-order valence-electron chi connectivity index (χ1n) is 14.0. The maximum absolute atomic E-state index is 14.9. The van der Waals surface area contributed by atoms with Gasteiger partial charge in [-0.3, -0.25) is 0 Å². The minimum absolute atomic E-state index is 0. The monoisotopic (exact) mass is 484 g/mol. The summed E-state index contributed by atoms with van der Waals surface area (Å²) in [6.45, 7) is 4.39. The van der Waals surface area contributed by atoms with Crippen molar-refractivity contribution in [1.82, 2.24) is 0 Å². The summed E-state index contributed by atoms with van der Waals surface area (Å²) in [5.41, 5.74) is 0. The molecule has 1 unspecified atom stereocenters. The predicted octanol–water partition coefficient (Wildman–Crippen LogP) is 6.60. The normalized spacial score (nSPS) is 13.6. The van der Waals surface area contributed by atoms with E-state index in [1.807, 2.05) is 0 Å². The van der Waals surface area contributed by atoms with Gasteiger partial charge in [0.25, 0.3) is 0 Å². The molecule has 0 aliphatic rings. The fourth-order valence-electron chi connectivity index (χ4n) is 4.48. The first-order valence-corrected chi connectivity index (χ1v) is 15.4. The van der Waals surface area contributed by atoms with E-state index in [2.05, 4.69) is 13.8 Å². The van der Waals surface area contributed by atoms with E-state index in [1.165, 1.54) is 77.0 Å². The van der Waals surface area contributed by atoms with Crippen LogP contribution in [0.2, 0.25) is 0 Å². The van der Waals surface area contributed by atoms with Crippen molar-refractivity contribution < 1.29 is 36.2 Å². The van der Waals surface area contributed by atoms with Crippen LogP contribution in [-0.4, -0.2) is 18.0 Å². The quantitative estimate of drug-likeness (QED) is 0.0833. The number of hydrogen-bond donors (Lipinski definition) is 0. The molecule has 0 aliphatic carbocycles. The van der Waals surface area contributed by atoms with Crippen molar-refractivity contribution in [3.05, 3.63) is 0 Å². The molecule has 33 heavy (non-hydrogen) atoms. The Morgan fingerprint density at radius 1 is 0.515 bits per heavy atom. The van der Waals surface area contributed by atoms with Gasteiger partial charge in [0.15, 0.2) is 5.00 Å². The summed E-state index contributed by atoms with van der Waals surface area (Å²) in [5, 5.41) is -2.56. The van der Waals surface area contributed by atoms with Crippen LogP contribution in [-0.2, 0) is 10.1 Å². The number of rotatable bonds is 25. The van der Waals surface area contributed by atoms with Crippen molar-refractivity contribution in [2.45, 2.75) is 173 Å². The second kappa shape index (κ2) is 24.1. The summed E-state index contributed by atoms with van der Waals surface area (Å²) >= 11 is 0. The number of unbranched alkanes of at least 4 members (excludes halogenated alkanes) is 20. The van der Waals surface area contributed by atoms with E-state index in [-0.39, 0.29) is 31.7 Å². The Morgan fingerprint density at radius 3 is 0.939 bits per heavy atom. The molecule has 0 amide bonds. The molecule has 0 rings (SSSR count). The molecule has 0 spiro atoms. The first kappa shape index (κ1) is 35.6. The van der Waals surface area contributed by atoms with Crippen LogP contribution in [0.1, 0.15) is 168 Å². The zero-order chi connectivity index (χ0) is 24.0. The largest absolute Gasteiger partial charge is 1.00 e. The van der Waals surface area contributed by atoms with Gasteiger partial charge in [-0.1, -0.05) is 142 Å². The average molecular weight is 485 g/mol. The summed E-state index contributed by atoms with van der Waals surface area (Å²) < 4.78 is 49.3. The summed E-state index contributed by atoms with van der Waals surface area (Å²) in [4.78, 5) is 0. The van der Waals surface area contributed by atoms with Crippen LogP contribution >= 0.6 is 0 Å². The van der Waals surface area contributed by atoms with Crippen molar-refractivity contribution in [3.63, 3.8) is 0 Å². The van der Waals surface area contributed by atoms with E-state index in [0.29, 0.717) is 12.8 Å². The van der Waals surface area contributed by atoms with Crippen molar-refractivity contribution in [1.29, 1.82) is 0 Å². The van der Waals surface area contributed by atoms with Crippen LogP contribution < -0.4 is 18.9 Å². The molecule has 3 nitrogen and oxygen atoms in total. The molecule has 0 aliphatic heterocycles. The smallest absolute Gasteiger partial charge is 0.745 e. The SMILES string of the molecule is CCCCCCCCCCCCCCCCCCC(F)(CCCCCCCC)S(=O)(=O)[O-].[Li+]. The molecule has 0 saturated carbocycles. The third-order valence-electron chi connectivity index (χ3n) is 6.76. The van der Waals surface area contributed by atoms with Gasteiger partial charge in [0.05, 0.1) is 0 Å². The van der Waals surface area contributed by atoms with Gasteiger partial charge >= 0.3 is 18.9 Å². The molecule has 0 fully saturated rings. The van der Waals surface area contributed by atoms with Crippen molar-refractivity contribution in [2.75, 3.05) is 0 Å². The molecular weight excluding hydrogens is 430 g/mol. The van der Waals surface area contributed by atoms with Gasteiger partial charge in [-0.05, 0) is 25.7 Å². The predicted molar refractivity (Wildman–Crippen MR) is 136 cm³/mol. The Morgan fingerprint density at radius 2 is 0.727 bits per heavy atom. The van der Waals surface area contributed by atoms with Crippen LogP contribution in [0.25, 0.3) is 0 Å². The molecule has 0 N–H and O–H groups in total. The fraction of sp³-hybridized carbons (Fsp3) is 1.00. The molecule has 0 radical (unpaired) electrons. The van der Waals surface area contributed by atoms with Crippen molar-refractivity contribution in [2.24, 2.45) is 0 Å². The molecule has 194 valence electrons. The average Bonchev–Trinajstić information content (AvgIpc) is 2.75. The standard InChI is InChI=1S/C27H55FO3S.Li/c1-3-5-7-9-11-12-13-14-15-16-17-18-19-20-22-24-26-27(28,32(29,30)31)25-23-21-10-8-6-4-2;/h3-26H2,1-2H3,(H,29,30,31);/q;+1/p-1. The second-order valence-corrected chi connectivity index (χ2v) is 11.5. The number of halogens is 1. The molecule has 0 aromatic rings. The van der Waals surface area contributed by atoms with Crippen molar-refractivity contribution in [3.8, 4) is 0 Å². The van der Waals surface area contributed by atoms with E-state index >= 15 is 0 Å². The molecule has 0 aromatic heterocycles. The Bertz CT molecular complexity index is 502. The van der Waals surface area contributed by atoms with Crippen LogP contribution in [0.15, 0.2) is 0 Å². The van der Waals surface area contributed by atoms with Gasteiger partial charge in [-0.25, -0.2) is 12.8 Å². The Labute approximate surface area is 218 Å². The summed E-state index contributed by atoms with van der Waals surface area (Å²) in [6.07, 6.45) is 24.9. The summed E-state index contributed by atoms with van der Waals surface area (Å²) in [5.74, 6) is 0. The van der Waals surface area contributed by atoms with E-state index < -0.39 is 15.1 Å². The minimum Gasteiger partial charge on any atom is -0.745 e. The molecule has 6 heteroatoms. The van der Waals surface area contributed by atoms with E-state index in [1.54, 1.807) is 0 Å². The number of alkyl halides is 1. The van der Waals surface area contributed by atoms with E-state index in [0.717, 1.165) is 51.4 Å². The summed E-state index contributed by atoms with van der Waals surface area (Å²) in [6, 6.07) is 0. The van der Waals surface area contributed by atoms with E-state index in [4.69, 9.17) is 0 Å². The third kappa shape index (κ3) is 21.4. The minimum atomic E-state index is -4.90. The van der Waals surface area contributed by atoms with Crippen LogP contribution in [0.5, 0.6) is 0 Å². The van der Waals surface area contributed by atoms with Crippen LogP contribution in [0.4, 0.5) is 4.39 Å². The first-order chi connectivity index (χ1) is 15.4. The molecule has 0 bridgehead atoms. The van der Waals surface area contributed by atoms with Crippen LogP contribution in [0.3, 0.4) is 0 Å². The Kier molecular flexibility index (Phi) is 26.0. The van der Waals surface area contributed by atoms with Gasteiger partial charge in [0.2, 0.25) is 0 Å². The topological polar surface area (TPSA) is 57.2 Å². The van der Waals surface area contributed by atoms with Gasteiger partial charge in [0.1, 0.15) is 10.1 Å². The van der Waals surface area contributed by atoms with Gasteiger partial charge in [-0.15, -0.1) is 0 Å². The molecule has 1 atom stereocenters. The zero-order valence-corrected chi connectivity index (χ0v) is 23.3. The molecule has 0 aromatic carbocycles. The Balaban J connectivity index is 0. The van der Waals surface area contributed by atoms with Gasteiger partial charge in [-0.2, -0.15) is 0 Å². The third-order valence-corrected chi connectivity index (χ3v) is 8.06. The molecule has 0 saturated heterocycles. The number of hydrogen-bond acceptors (Lipinski definition) is 3.